The first-order valence-corrected chi connectivity index (χ1v) is 7.60. The maximum absolute atomic E-state index is 12.4. The van der Waals surface area contributed by atoms with Gasteiger partial charge in [0.25, 0.3) is 0 Å². The highest BCUT2D eigenvalue weighted by Gasteiger charge is 2.25. The van der Waals surface area contributed by atoms with Gasteiger partial charge in [-0.15, -0.1) is 24.8 Å². The van der Waals surface area contributed by atoms with Crippen LogP contribution in [0.3, 0.4) is 0 Å². The van der Waals surface area contributed by atoms with E-state index in [-0.39, 0.29) is 36.8 Å². The van der Waals surface area contributed by atoms with Gasteiger partial charge in [-0.25, -0.2) is 0 Å². The predicted octanol–water partition coefficient (Wildman–Crippen LogP) is 1.80. The summed E-state index contributed by atoms with van der Waals surface area (Å²) >= 11 is 0. The van der Waals surface area contributed by atoms with Crippen LogP contribution in [0.4, 0.5) is 5.69 Å². The zero-order chi connectivity index (χ0) is 14.7. The Morgan fingerprint density at radius 3 is 2.78 bits per heavy atom. The topological polar surface area (TPSA) is 48.5 Å². The van der Waals surface area contributed by atoms with Crippen LogP contribution in [0.15, 0.2) is 30.6 Å². The molecule has 0 saturated carbocycles. The van der Waals surface area contributed by atoms with E-state index in [1.54, 1.807) is 0 Å². The molecule has 128 valence electrons. The monoisotopic (exact) mass is 358 g/mol. The average molecular weight is 359 g/mol. The fourth-order valence-corrected chi connectivity index (χ4v) is 3.03. The van der Waals surface area contributed by atoms with E-state index in [1.807, 2.05) is 29.4 Å². The van der Waals surface area contributed by atoms with Crippen LogP contribution in [0.25, 0.3) is 0 Å². The van der Waals surface area contributed by atoms with Gasteiger partial charge in [0.1, 0.15) is 6.04 Å². The first-order chi connectivity index (χ1) is 10.3. The second kappa shape index (κ2) is 9.11. The molecule has 0 aromatic carbocycles. The van der Waals surface area contributed by atoms with Crippen molar-refractivity contribution in [1.29, 1.82) is 0 Å². The number of rotatable bonds is 2. The molecule has 7 heteroatoms. The Labute approximate surface area is 150 Å². The first-order valence-electron chi connectivity index (χ1n) is 7.60. The summed E-state index contributed by atoms with van der Waals surface area (Å²) < 4.78 is 0. The summed E-state index contributed by atoms with van der Waals surface area (Å²) in [6.07, 6.45) is 8.73. The number of nitrogens with one attached hydrogen (secondary N) is 1. The van der Waals surface area contributed by atoms with Gasteiger partial charge >= 0.3 is 0 Å². The summed E-state index contributed by atoms with van der Waals surface area (Å²) in [6, 6.07) is 1.94. The summed E-state index contributed by atoms with van der Waals surface area (Å²) in [6.45, 7) is 6.38. The second-order valence-corrected chi connectivity index (χ2v) is 5.64. The van der Waals surface area contributed by atoms with E-state index in [0.717, 1.165) is 39.1 Å². The molecule has 0 radical (unpaired) electrons. The third-order valence-electron chi connectivity index (χ3n) is 4.19. The van der Waals surface area contributed by atoms with Crippen molar-refractivity contribution in [3.05, 3.63) is 36.2 Å². The van der Waals surface area contributed by atoms with Crippen LogP contribution in [-0.2, 0) is 4.79 Å². The van der Waals surface area contributed by atoms with Crippen LogP contribution in [0.1, 0.15) is 12.0 Å². The zero-order valence-corrected chi connectivity index (χ0v) is 14.9. The van der Waals surface area contributed by atoms with Gasteiger partial charge in [-0.05, 0) is 25.0 Å². The molecule has 1 aromatic rings. The number of anilines is 1. The molecule has 2 aliphatic heterocycles. The number of hydrogen-bond donors (Lipinski definition) is 1. The molecule has 3 heterocycles. The molecule has 1 N–H and O–H groups in total. The van der Waals surface area contributed by atoms with Crippen molar-refractivity contribution in [2.75, 3.05) is 37.6 Å². The fraction of sp³-hybridized carbons (Fsp3) is 0.500. The molecule has 23 heavy (non-hydrogen) atoms. The van der Waals surface area contributed by atoms with Crippen molar-refractivity contribution in [3.63, 3.8) is 0 Å². The second-order valence-electron chi connectivity index (χ2n) is 5.64. The van der Waals surface area contributed by atoms with E-state index in [2.05, 4.69) is 28.2 Å². The van der Waals surface area contributed by atoms with Crippen LogP contribution in [-0.4, -0.2) is 54.6 Å². The van der Waals surface area contributed by atoms with Gasteiger partial charge in [0, 0.05) is 50.8 Å². The van der Waals surface area contributed by atoms with E-state index in [1.165, 1.54) is 11.3 Å². The Morgan fingerprint density at radius 2 is 2.09 bits per heavy atom. The molecule has 1 unspecified atom stereocenters. The number of carbonyl (C=O) groups excluding carboxylic acids is 1. The van der Waals surface area contributed by atoms with Gasteiger partial charge in [0.15, 0.2) is 0 Å². The maximum Gasteiger partial charge on any atom is 0.243 e. The molecule has 0 aliphatic carbocycles. The molecule has 1 atom stereocenters. The van der Waals surface area contributed by atoms with Crippen molar-refractivity contribution in [1.82, 2.24) is 15.2 Å². The van der Waals surface area contributed by atoms with Crippen molar-refractivity contribution < 1.29 is 4.79 Å². The standard InChI is InChI=1S/C16H22N4O.2ClH/c1-13-12-17-7-5-15(13)19-8-3-9-20(11-10-19)16(21)14-4-2-6-18-14;;/h2,4-5,7,12,14,18H,3,6,8-11H2,1H3;2*1H. The van der Waals surface area contributed by atoms with Crippen LogP contribution in [0, 0.1) is 6.92 Å². The number of aromatic nitrogens is 1. The fourth-order valence-electron chi connectivity index (χ4n) is 3.03. The molecule has 1 saturated heterocycles. The highest BCUT2D eigenvalue weighted by atomic mass is 35.5. The minimum Gasteiger partial charge on any atom is -0.369 e. The Kier molecular flexibility index (Phi) is 7.82. The zero-order valence-electron chi connectivity index (χ0n) is 13.3. The molecular formula is C16H24Cl2N4O. The Hall–Kier alpha value is -1.30. The van der Waals surface area contributed by atoms with Gasteiger partial charge < -0.3 is 9.80 Å². The number of carbonyl (C=O) groups is 1. The third-order valence-corrected chi connectivity index (χ3v) is 4.19. The minimum atomic E-state index is -0.126. The molecule has 1 aromatic heterocycles. The van der Waals surface area contributed by atoms with Gasteiger partial charge in [-0.1, -0.05) is 12.2 Å². The van der Waals surface area contributed by atoms with Gasteiger partial charge in [-0.2, -0.15) is 0 Å². The van der Waals surface area contributed by atoms with Gasteiger partial charge in [0.05, 0.1) is 0 Å². The lowest BCUT2D eigenvalue weighted by atomic mass is 10.2. The number of halogens is 2. The summed E-state index contributed by atoms with van der Waals surface area (Å²) in [7, 11) is 0. The van der Waals surface area contributed by atoms with E-state index >= 15 is 0 Å². The quantitative estimate of drug-likeness (QED) is 0.819. The molecule has 0 bridgehead atoms. The first kappa shape index (κ1) is 19.7. The number of nitrogens with zero attached hydrogens (tertiary/aromatic N) is 3. The molecule has 0 spiro atoms. The van der Waals surface area contributed by atoms with Crippen LogP contribution in [0.5, 0.6) is 0 Å². The molecule has 2 aliphatic rings. The Balaban J connectivity index is 0.00000132. The smallest absolute Gasteiger partial charge is 0.243 e. The van der Waals surface area contributed by atoms with Crippen LogP contribution < -0.4 is 10.2 Å². The number of hydrogen-bond acceptors (Lipinski definition) is 4. The molecule has 1 amide bonds. The lowest BCUT2D eigenvalue weighted by molar-refractivity contribution is -0.131. The van der Waals surface area contributed by atoms with Crippen molar-refractivity contribution >= 4 is 36.4 Å². The van der Waals surface area contributed by atoms with Crippen LogP contribution >= 0.6 is 24.8 Å². The summed E-state index contributed by atoms with van der Waals surface area (Å²) in [5.74, 6) is 0.206. The lowest BCUT2D eigenvalue weighted by Gasteiger charge is -2.26. The third kappa shape index (κ3) is 4.59. The lowest BCUT2D eigenvalue weighted by Crippen LogP contribution is -2.45. The number of amides is 1. The van der Waals surface area contributed by atoms with E-state index in [9.17, 15) is 4.79 Å². The highest BCUT2D eigenvalue weighted by Crippen LogP contribution is 2.20. The van der Waals surface area contributed by atoms with Gasteiger partial charge in [0.2, 0.25) is 5.91 Å². The molecule has 1 fully saturated rings. The van der Waals surface area contributed by atoms with Crippen molar-refractivity contribution in [2.24, 2.45) is 0 Å². The predicted molar refractivity (Wildman–Crippen MR) is 97.8 cm³/mol. The molecule has 3 rings (SSSR count). The van der Waals surface area contributed by atoms with Gasteiger partial charge in [-0.3, -0.25) is 15.1 Å². The average Bonchev–Trinajstić information content (AvgIpc) is 2.92. The van der Waals surface area contributed by atoms with E-state index in [0.29, 0.717) is 0 Å². The summed E-state index contributed by atoms with van der Waals surface area (Å²) in [4.78, 5) is 21.0. The normalized spacial score (nSPS) is 20.5. The minimum absolute atomic E-state index is 0. The Morgan fingerprint density at radius 1 is 1.26 bits per heavy atom. The van der Waals surface area contributed by atoms with Crippen LogP contribution in [0.2, 0.25) is 0 Å². The van der Waals surface area contributed by atoms with Crippen molar-refractivity contribution in [2.45, 2.75) is 19.4 Å². The summed E-state index contributed by atoms with van der Waals surface area (Å²) in [5.41, 5.74) is 2.43. The SMILES string of the molecule is Cc1cnccc1N1CCCN(C(=O)C2C=CCN2)CC1.Cl.Cl. The molecular weight excluding hydrogens is 335 g/mol. The largest absolute Gasteiger partial charge is 0.369 e. The number of pyridine rings is 1. The van der Waals surface area contributed by atoms with E-state index < -0.39 is 0 Å². The Bertz CT molecular complexity index is 553. The summed E-state index contributed by atoms with van der Waals surface area (Å²) in [5, 5.41) is 3.20. The highest BCUT2D eigenvalue weighted by molar-refractivity contribution is 5.85. The molecule has 5 nitrogen and oxygen atoms in total. The maximum atomic E-state index is 12.4. The van der Waals surface area contributed by atoms with Crippen molar-refractivity contribution in [3.8, 4) is 0 Å². The number of aryl methyl sites for hydroxylation is 1. The van der Waals surface area contributed by atoms with E-state index in [4.69, 9.17) is 0 Å².